The summed E-state index contributed by atoms with van der Waals surface area (Å²) >= 11 is 1.48. The van der Waals surface area contributed by atoms with Crippen LogP contribution in [0.4, 0.5) is 5.13 Å². The summed E-state index contributed by atoms with van der Waals surface area (Å²) in [4.78, 5) is 17.9. The number of ether oxygens (including phenoxy) is 1. The number of carbonyl (C=O) groups is 1. The van der Waals surface area contributed by atoms with E-state index in [2.05, 4.69) is 20.7 Å². The van der Waals surface area contributed by atoms with Gasteiger partial charge in [-0.3, -0.25) is 14.8 Å². The highest BCUT2D eigenvalue weighted by molar-refractivity contribution is 7.15. The summed E-state index contributed by atoms with van der Waals surface area (Å²) < 4.78 is 7.30. The number of hydrogen-bond acceptors (Lipinski definition) is 6. The van der Waals surface area contributed by atoms with E-state index in [1.165, 1.54) is 11.3 Å². The maximum Gasteiger partial charge on any atom is 0.277 e. The van der Waals surface area contributed by atoms with Crippen molar-refractivity contribution in [2.24, 2.45) is 0 Å². The van der Waals surface area contributed by atoms with Gasteiger partial charge in [0.1, 0.15) is 0 Å². The number of hydrogen-bond donors (Lipinski definition) is 2. The molecule has 4 heterocycles. The van der Waals surface area contributed by atoms with Gasteiger partial charge in [0.25, 0.3) is 5.91 Å². The zero-order valence-corrected chi connectivity index (χ0v) is 13.6. The van der Waals surface area contributed by atoms with E-state index in [1.807, 2.05) is 10.9 Å². The molecule has 2 aromatic rings. The van der Waals surface area contributed by atoms with Crippen molar-refractivity contribution in [2.45, 2.75) is 31.9 Å². The molecule has 2 N–H and O–H groups in total. The maximum atomic E-state index is 12.4. The van der Waals surface area contributed by atoms with E-state index in [9.17, 15) is 4.79 Å². The van der Waals surface area contributed by atoms with Gasteiger partial charge < -0.3 is 10.1 Å². The Balaban J connectivity index is 1.44. The molecular weight excluding hydrogens is 314 g/mol. The molecule has 4 rings (SSSR count). The Kier molecular flexibility index (Phi) is 4.11. The molecule has 1 unspecified atom stereocenters. The van der Waals surface area contributed by atoms with Gasteiger partial charge >= 0.3 is 0 Å². The summed E-state index contributed by atoms with van der Waals surface area (Å²) in [5.41, 5.74) is 1.47. The van der Waals surface area contributed by atoms with Crippen LogP contribution in [-0.4, -0.2) is 40.4 Å². The number of amides is 1. The molecule has 2 aliphatic heterocycles. The highest BCUT2D eigenvalue weighted by Gasteiger charge is 2.20. The molecule has 122 valence electrons. The highest BCUT2D eigenvalue weighted by atomic mass is 32.1. The maximum absolute atomic E-state index is 12.4. The molecule has 0 saturated carbocycles. The Bertz CT molecular complexity index is 681. The molecule has 1 amide bonds. The van der Waals surface area contributed by atoms with Crippen LogP contribution in [0.2, 0.25) is 0 Å². The van der Waals surface area contributed by atoms with Crippen LogP contribution in [0, 0.1) is 0 Å². The lowest BCUT2D eigenvalue weighted by Crippen LogP contribution is -2.32. The largest absolute Gasteiger partial charge is 0.375 e. The number of carbonyl (C=O) groups excluding carboxylic acids is 1. The van der Waals surface area contributed by atoms with E-state index in [1.54, 1.807) is 6.07 Å². The number of nitrogens with one attached hydrogen (secondary N) is 2. The molecule has 0 spiro atoms. The number of thiazole rings is 1. The Labute approximate surface area is 138 Å². The molecule has 23 heavy (non-hydrogen) atoms. The van der Waals surface area contributed by atoms with Crippen LogP contribution in [0.3, 0.4) is 0 Å². The van der Waals surface area contributed by atoms with Crippen molar-refractivity contribution >= 4 is 22.4 Å². The van der Waals surface area contributed by atoms with Gasteiger partial charge in [0.2, 0.25) is 0 Å². The number of nitrogens with zero attached hydrogens (tertiary/aromatic N) is 3. The minimum absolute atomic E-state index is 0.209. The summed E-state index contributed by atoms with van der Waals surface area (Å²) in [6.07, 6.45) is 4.92. The van der Waals surface area contributed by atoms with Crippen LogP contribution < -0.4 is 10.6 Å². The molecule has 7 nitrogen and oxygen atoms in total. The van der Waals surface area contributed by atoms with Crippen LogP contribution >= 0.6 is 11.3 Å². The lowest BCUT2D eigenvalue weighted by Gasteiger charge is -2.22. The van der Waals surface area contributed by atoms with Gasteiger partial charge in [-0.15, -0.1) is 0 Å². The molecule has 1 atom stereocenters. The fourth-order valence-electron chi connectivity index (χ4n) is 2.96. The first-order chi connectivity index (χ1) is 11.3. The quantitative estimate of drug-likeness (QED) is 0.891. The third kappa shape index (κ3) is 3.15. The van der Waals surface area contributed by atoms with Crippen molar-refractivity contribution in [3.05, 3.63) is 28.5 Å². The number of fused-ring (bicyclic) bond motifs is 1. The number of rotatable bonds is 3. The molecular formula is C15H19N5O2S. The van der Waals surface area contributed by atoms with Crippen molar-refractivity contribution in [3.63, 3.8) is 0 Å². The van der Waals surface area contributed by atoms with E-state index in [0.717, 1.165) is 42.9 Å². The smallest absolute Gasteiger partial charge is 0.277 e. The van der Waals surface area contributed by atoms with Gasteiger partial charge in [0.05, 0.1) is 29.8 Å². The lowest BCUT2D eigenvalue weighted by molar-refractivity contribution is 0.102. The molecule has 0 aliphatic carbocycles. The SMILES string of the molecule is O=C(Nc1nc2c(s1)COCC2)c1ccn(C2CCCNC2)n1. The fourth-order valence-corrected chi connectivity index (χ4v) is 3.90. The van der Waals surface area contributed by atoms with E-state index < -0.39 is 0 Å². The Morgan fingerprint density at radius 2 is 2.48 bits per heavy atom. The molecule has 0 bridgehead atoms. The Morgan fingerprint density at radius 3 is 3.30 bits per heavy atom. The first-order valence-electron chi connectivity index (χ1n) is 7.93. The Morgan fingerprint density at radius 1 is 1.52 bits per heavy atom. The minimum Gasteiger partial charge on any atom is -0.375 e. The van der Waals surface area contributed by atoms with Crippen LogP contribution in [0.15, 0.2) is 12.3 Å². The summed E-state index contributed by atoms with van der Waals surface area (Å²) in [5, 5.41) is 11.3. The highest BCUT2D eigenvalue weighted by Crippen LogP contribution is 2.27. The van der Waals surface area contributed by atoms with E-state index in [4.69, 9.17) is 4.74 Å². The fraction of sp³-hybridized carbons (Fsp3) is 0.533. The zero-order valence-electron chi connectivity index (χ0n) is 12.7. The normalized spacial score (nSPS) is 21.0. The average Bonchev–Trinajstić information content (AvgIpc) is 3.22. The first kappa shape index (κ1) is 14.8. The first-order valence-corrected chi connectivity index (χ1v) is 8.75. The zero-order chi connectivity index (χ0) is 15.6. The number of anilines is 1. The summed E-state index contributed by atoms with van der Waals surface area (Å²) in [5.74, 6) is -0.209. The van der Waals surface area contributed by atoms with Crippen molar-refractivity contribution < 1.29 is 9.53 Å². The standard InChI is InChI=1S/C15H19N5O2S/c21-14(18-15-17-11-4-7-22-9-13(11)23-15)12-3-6-20(19-12)10-2-1-5-16-8-10/h3,6,10,16H,1-2,4-5,7-9H2,(H,17,18,21). The monoisotopic (exact) mass is 333 g/mol. The topological polar surface area (TPSA) is 81.1 Å². The summed E-state index contributed by atoms with van der Waals surface area (Å²) in [7, 11) is 0. The second-order valence-electron chi connectivity index (χ2n) is 5.83. The van der Waals surface area contributed by atoms with Gasteiger partial charge in [0.15, 0.2) is 10.8 Å². The van der Waals surface area contributed by atoms with E-state index >= 15 is 0 Å². The van der Waals surface area contributed by atoms with Gasteiger partial charge in [-0.2, -0.15) is 5.10 Å². The molecule has 8 heteroatoms. The van der Waals surface area contributed by atoms with Crippen molar-refractivity contribution in [2.75, 3.05) is 25.0 Å². The van der Waals surface area contributed by atoms with Crippen LogP contribution in [0.5, 0.6) is 0 Å². The van der Waals surface area contributed by atoms with Crippen LogP contribution in [-0.2, 0) is 17.8 Å². The van der Waals surface area contributed by atoms with Gasteiger partial charge in [-0.05, 0) is 25.5 Å². The van der Waals surface area contributed by atoms with Crippen molar-refractivity contribution in [1.82, 2.24) is 20.1 Å². The molecule has 2 aliphatic rings. The number of piperidine rings is 1. The van der Waals surface area contributed by atoms with Crippen molar-refractivity contribution in [1.29, 1.82) is 0 Å². The van der Waals surface area contributed by atoms with E-state index in [-0.39, 0.29) is 5.91 Å². The predicted molar refractivity (Wildman–Crippen MR) is 86.8 cm³/mol. The minimum atomic E-state index is -0.209. The summed E-state index contributed by atoms with van der Waals surface area (Å²) in [6.45, 7) is 3.25. The van der Waals surface area contributed by atoms with Gasteiger partial charge in [-0.25, -0.2) is 4.98 Å². The van der Waals surface area contributed by atoms with Crippen LogP contribution in [0.25, 0.3) is 0 Å². The molecule has 2 aromatic heterocycles. The molecule has 1 fully saturated rings. The Hall–Kier alpha value is -1.77. The second kappa shape index (κ2) is 6.38. The average molecular weight is 333 g/mol. The lowest BCUT2D eigenvalue weighted by atomic mass is 10.1. The second-order valence-corrected chi connectivity index (χ2v) is 6.91. The third-order valence-corrected chi connectivity index (χ3v) is 5.19. The number of aromatic nitrogens is 3. The van der Waals surface area contributed by atoms with E-state index in [0.29, 0.717) is 30.1 Å². The van der Waals surface area contributed by atoms with Crippen LogP contribution in [0.1, 0.15) is 39.9 Å². The molecule has 0 radical (unpaired) electrons. The third-order valence-electron chi connectivity index (χ3n) is 4.20. The van der Waals surface area contributed by atoms with Gasteiger partial charge in [-0.1, -0.05) is 11.3 Å². The molecule has 0 aromatic carbocycles. The predicted octanol–water partition coefficient (Wildman–Crippen LogP) is 1.59. The summed E-state index contributed by atoms with van der Waals surface area (Å²) in [6, 6.07) is 2.09. The van der Waals surface area contributed by atoms with Crippen molar-refractivity contribution in [3.8, 4) is 0 Å². The van der Waals surface area contributed by atoms with Gasteiger partial charge in [0, 0.05) is 19.2 Å². The molecule has 1 saturated heterocycles.